The van der Waals surface area contributed by atoms with Crippen molar-refractivity contribution in [3.63, 3.8) is 0 Å². The van der Waals surface area contributed by atoms with Crippen LogP contribution in [0.3, 0.4) is 0 Å². The lowest BCUT2D eigenvalue weighted by molar-refractivity contribution is -0.130. The second kappa shape index (κ2) is 13.5. The number of alkyl halides is 2. The van der Waals surface area contributed by atoms with Crippen molar-refractivity contribution in [3.05, 3.63) is 47.1 Å². The fourth-order valence-corrected chi connectivity index (χ4v) is 8.62. The predicted molar refractivity (Wildman–Crippen MR) is 172 cm³/mol. The number of carbonyl (C=O) groups is 2. The average molecular weight is 696 g/mol. The summed E-state index contributed by atoms with van der Waals surface area (Å²) in [5.74, 6) is -4.65. The maximum atomic E-state index is 15.9. The van der Waals surface area contributed by atoms with E-state index in [0.29, 0.717) is 38.2 Å². The molecule has 1 aliphatic carbocycles. The highest BCUT2D eigenvalue weighted by Gasteiger charge is 2.45. The molecule has 47 heavy (non-hydrogen) atoms. The number of nitrogens with two attached hydrogens (primary N) is 1. The molecule has 256 valence electrons. The number of halogens is 3. The van der Waals surface area contributed by atoms with Crippen molar-refractivity contribution in [1.82, 2.24) is 19.9 Å². The average Bonchev–Trinajstić information content (AvgIpc) is 3.63. The van der Waals surface area contributed by atoms with Gasteiger partial charge in [-0.2, -0.15) is 4.31 Å². The van der Waals surface area contributed by atoms with Gasteiger partial charge in [0.1, 0.15) is 11.0 Å². The lowest BCUT2D eigenvalue weighted by Gasteiger charge is -2.36. The Morgan fingerprint density at radius 1 is 1.06 bits per heavy atom. The quantitative estimate of drug-likeness (QED) is 0.301. The molecule has 2 unspecified atom stereocenters. The molecule has 0 bridgehead atoms. The SMILES string of the molecule is N[C@@H]1CC(=O)N(c2ccc(S(=O)(=O)N3CCN(c4cc(C(F)(F)[C@H]5CC[C@H](C(=O)NC6CNCC6O)CC5)cc(Cl)n4)CC3)cc2)C1. The Kier molecular flexibility index (Phi) is 9.76. The Morgan fingerprint density at radius 3 is 2.34 bits per heavy atom. The minimum atomic E-state index is -3.84. The van der Waals surface area contributed by atoms with Crippen molar-refractivity contribution in [1.29, 1.82) is 0 Å². The van der Waals surface area contributed by atoms with Gasteiger partial charge in [-0.1, -0.05) is 11.6 Å². The normalized spacial score (nSPS) is 27.8. The lowest BCUT2D eigenvalue weighted by atomic mass is 9.77. The molecule has 4 fully saturated rings. The Labute approximate surface area is 277 Å². The van der Waals surface area contributed by atoms with E-state index in [1.54, 1.807) is 21.9 Å². The minimum Gasteiger partial charge on any atom is -0.390 e. The third-order valence-electron chi connectivity index (χ3n) is 9.79. The molecule has 16 heteroatoms. The van der Waals surface area contributed by atoms with Crippen LogP contribution >= 0.6 is 11.6 Å². The number of hydrogen-bond acceptors (Lipinski definition) is 9. The van der Waals surface area contributed by atoms with Crippen molar-refractivity contribution >= 4 is 44.9 Å². The van der Waals surface area contributed by atoms with Crippen LogP contribution in [0.2, 0.25) is 5.15 Å². The van der Waals surface area contributed by atoms with Crippen molar-refractivity contribution in [3.8, 4) is 0 Å². The molecule has 12 nitrogen and oxygen atoms in total. The summed E-state index contributed by atoms with van der Waals surface area (Å²) >= 11 is 6.24. The number of nitrogens with one attached hydrogen (secondary N) is 2. The number of pyridine rings is 1. The molecule has 3 atom stereocenters. The van der Waals surface area contributed by atoms with E-state index in [4.69, 9.17) is 17.3 Å². The van der Waals surface area contributed by atoms with Crippen molar-refractivity contribution < 1.29 is 31.9 Å². The van der Waals surface area contributed by atoms with Crippen molar-refractivity contribution in [2.75, 3.05) is 55.6 Å². The minimum absolute atomic E-state index is 0.0819. The zero-order chi connectivity index (χ0) is 33.5. The molecule has 6 rings (SSSR count). The summed E-state index contributed by atoms with van der Waals surface area (Å²) in [4.78, 5) is 32.5. The molecule has 3 aliphatic heterocycles. The Balaban J connectivity index is 1.06. The van der Waals surface area contributed by atoms with E-state index in [2.05, 4.69) is 15.6 Å². The number of aliphatic hydroxyl groups excluding tert-OH is 1. The summed E-state index contributed by atoms with van der Waals surface area (Å²) in [5.41, 5.74) is 6.20. The molecular weight excluding hydrogens is 656 g/mol. The Hall–Kier alpha value is -2.95. The zero-order valence-electron chi connectivity index (χ0n) is 25.8. The molecule has 1 saturated carbocycles. The third kappa shape index (κ3) is 7.10. The van der Waals surface area contributed by atoms with Crippen LogP contribution in [0, 0.1) is 11.8 Å². The van der Waals surface area contributed by atoms with Gasteiger partial charge in [0, 0.05) is 81.4 Å². The molecule has 4 aliphatic rings. The summed E-state index contributed by atoms with van der Waals surface area (Å²) in [7, 11) is -3.84. The first-order valence-electron chi connectivity index (χ1n) is 16.0. The number of sulfonamides is 1. The predicted octanol–water partition coefficient (Wildman–Crippen LogP) is 1.66. The van der Waals surface area contributed by atoms with Crippen LogP contribution in [0.4, 0.5) is 20.3 Å². The zero-order valence-corrected chi connectivity index (χ0v) is 27.4. The molecule has 2 amide bonds. The molecule has 1 aromatic heterocycles. The summed E-state index contributed by atoms with van der Waals surface area (Å²) in [6.07, 6.45) is 0.535. The van der Waals surface area contributed by atoms with E-state index >= 15 is 8.78 Å². The van der Waals surface area contributed by atoms with E-state index in [-0.39, 0.29) is 96.7 Å². The van der Waals surface area contributed by atoms with Crippen LogP contribution in [-0.4, -0.2) is 98.6 Å². The number of aliphatic hydroxyl groups is 1. The lowest BCUT2D eigenvalue weighted by Crippen LogP contribution is -2.49. The van der Waals surface area contributed by atoms with Gasteiger partial charge < -0.3 is 31.3 Å². The Morgan fingerprint density at radius 2 is 1.74 bits per heavy atom. The van der Waals surface area contributed by atoms with Crippen LogP contribution in [-0.2, 0) is 25.5 Å². The molecule has 2 aromatic rings. The highest BCUT2D eigenvalue weighted by Crippen LogP contribution is 2.46. The van der Waals surface area contributed by atoms with Crippen molar-refractivity contribution in [2.24, 2.45) is 17.6 Å². The van der Waals surface area contributed by atoms with E-state index < -0.39 is 28.0 Å². The molecular formula is C31H40ClF2N7O5S. The van der Waals surface area contributed by atoms with Crippen LogP contribution < -0.4 is 26.2 Å². The number of carbonyl (C=O) groups excluding carboxylic acids is 2. The summed E-state index contributed by atoms with van der Waals surface area (Å²) in [6, 6.07) is 8.00. The number of hydrogen-bond donors (Lipinski definition) is 4. The van der Waals surface area contributed by atoms with Gasteiger partial charge in [-0.3, -0.25) is 9.59 Å². The number of nitrogens with zero attached hydrogens (tertiary/aromatic N) is 4. The standard InChI is InChI=1S/C31H40ClF2N7O5S/c32-27-13-21(31(33,34)20-3-1-19(2-4-20)30(44)37-25-16-36-17-26(25)42)14-28(38-27)39-9-11-40(12-10-39)47(45,46)24-7-5-23(6-8-24)41-18-22(35)15-29(41)43/h5-8,13-14,19-20,22,25-26,36,42H,1-4,9-12,15-18,35H2,(H,37,44)/t19-,20-,22-,25?,26?/m1/s1. The van der Waals surface area contributed by atoms with Gasteiger partial charge in [-0.25, -0.2) is 22.2 Å². The molecule has 0 spiro atoms. The third-order valence-corrected chi connectivity index (χ3v) is 11.9. The fraction of sp³-hybridized carbons (Fsp3) is 0.581. The van der Waals surface area contributed by atoms with Crippen LogP contribution in [0.15, 0.2) is 41.3 Å². The first kappa shape index (κ1) is 33.9. The molecule has 5 N–H and O–H groups in total. The number of amides is 2. The maximum Gasteiger partial charge on any atom is 0.276 e. The highest BCUT2D eigenvalue weighted by molar-refractivity contribution is 7.89. The number of anilines is 2. The van der Waals surface area contributed by atoms with E-state index in [1.807, 2.05) is 0 Å². The smallest absolute Gasteiger partial charge is 0.276 e. The Bertz CT molecular complexity index is 1580. The highest BCUT2D eigenvalue weighted by atomic mass is 35.5. The molecule has 3 saturated heterocycles. The van der Waals surface area contributed by atoms with E-state index in [1.165, 1.54) is 28.6 Å². The molecule has 0 radical (unpaired) electrons. The van der Waals surface area contributed by atoms with Gasteiger partial charge >= 0.3 is 0 Å². The number of aromatic nitrogens is 1. The number of benzene rings is 1. The second-order valence-corrected chi connectivity index (χ2v) is 15.2. The van der Waals surface area contributed by atoms with E-state index in [0.717, 1.165) is 0 Å². The van der Waals surface area contributed by atoms with E-state index in [9.17, 15) is 23.1 Å². The molecule has 1 aromatic carbocycles. The molecule has 4 heterocycles. The monoisotopic (exact) mass is 695 g/mol. The maximum absolute atomic E-state index is 15.9. The summed E-state index contributed by atoms with van der Waals surface area (Å²) in [6.45, 7) is 1.94. The topological polar surface area (TPSA) is 161 Å². The fourth-order valence-electron chi connectivity index (χ4n) is 6.99. The first-order valence-corrected chi connectivity index (χ1v) is 17.8. The van der Waals surface area contributed by atoms with Gasteiger partial charge in [-0.05, 0) is 62.1 Å². The second-order valence-electron chi connectivity index (χ2n) is 12.9. The van der Waals surface area contributed by atoms with Crippen LogP contribution in [0.5, 0.6) is 0 Å². The number of rotatable bonds is 8. The van der Waals surface area contributed by atoms with Gasteiger partial charge in [-0.15, -0.1) is 0 Å². The number of β-amino-alcohol motifs (C(OH)–C–C–N with tert-alkyl or cyclic N) is 1. The van der Waals surface area contributed by atoms with Gasteiger partial charge in [0.25, 0.3) is 5.92 Å². The van der Waals surface area contributed by atoms with Gasteiger partial charge in [0.15, 0.2) is 0 Å². The summed E-state index contributed by atoms with van der Waals surface area (Å²) < 4.78 is 59.9. The van der Waals surface area contributed by atoms with Gasteiger partial charge in [0.2, 0.25) is 21.8 Å². The van der Waals surface area contributed by atoms with Crippen LogP contribution in [0.25, 0.3) is 0 Å². The first-order chi connectivity index (χ1) is 22.3. The summed E-state index contributed by atoms with van der Waals surface area (Å²) in [5, 5.41) is 15.7. The van der Waals surface area contributed by atoms with Gasteiger partial charge in [0.05, 0.1) is 17.0 Å². The van der Waals surface area contributed by atoms with Crippen molar-refractivity contribution in [2.45, 2.75) is 61.1 Å². The number of piperazine rings is 1. The van der Waals surface area contributed by atoms with Crippen LogP contribution in [0.1, 0.15) is 37.7 Å². The largest absolute Gasteiger partial charge is 0.390 e.